The number of nitrogens with zero attached hydrogens (tertiary/aromatic N) is 2. The molecular weight excluding hydrogens is 370 g/mol. The summed E-state index contributed by atoms with van der Waals surface area (Å²) in [5, 5.41) is 2.34. The van der Waals surface area contributed by atoms with E-state index in [4.69, 9.17) is 4.74 Å². The Morgan fingerprint density at radius 3 is 2.72 bits per heavy atom. The van der Waals surface area contributed by atoms with Crippen LogP contribution in [0.2, 0.25) is 0 Å². The standard InChI is InChI=1S/C22H29N3O4/c1-3-24(2)17-6-4-5-7-19(17)29-15-8-9-16-14(12-15)13-25(22(16)28)18-10-11-20(26)23-21(18)27/h8-9,12,17-19H,3-7,10-11,13H2,1-2H3,(H,23,26,27)/t17?,18?,19-/m0/s1. The first kappa shape index (κ1) is 19.9. The van der Waals surface area contributed by atoms with E-state index in [0.29, 0.717) is 24.6 Å². The van der Waals surface area contributed by atoms with Gasteiger partial charge in [0.2, 0.25) is 11.8 Å². The molecular formula is C22H29N3O4. The predicted octanol–water partition coefficient (Wildman–Crippen LogP) is 2.09. The molecule has 7 nitrogen and oxygen atoms in total. The van der Waals surface area contributed by atoms with Gasteiger partial charge in [0.05, 0.1) is 0 Å². The highest BCUT2D eigenvalue weighted by Crippen LogP contribution is 2.32. The van der Waals surface area contributed by atoms with Gasteiger partial charge in [-0.05, 0) is 63.0 Å². The van der Waals surface area contributed by atoms with Crippen LogP contribution >= 0.6 is 0 Å². The monoisotopic (exact) mass is 399 g/mol. The lowest BCUT2D eigenvalue weighted by Crippen LogP contribution is -2.52. The molecule has 3 aliphatic rings. The molecule has 0 spiro atoms. The molecule has 1 aliphatic carbocycles. The molecule has 1 N–H and O–H groups in total. The Kier molecular flexibility index (Phi) is 5.58. The number of imide groups is 1. The molecule has 2 aliphatic heterocycles. The van der Waals surface area contributed by atoms with Crippen LogP contribution in [-0.2, 0) is 16.1 Å². The SMILES string of the molecule is CCN(C)C1CCCC[C@@H]1Oc1ccc2c(c1)CN(C1CCC(=O)NC1=O)C2=O. The molecule has 29 heavy (non-hydrogen) atoms. The number of carbonyl (C=O) groups is 3. The third-order valence-corrected chi connectivity index (χ3v) is 6.52. The molecule has 0 bridgehead atoms. The first-order chi connectivity index (χ1) is 14.0. The van der Waals surface area contributed by atoms with Gasteiger partial charge in [-0.15, -0.1) is 0 Å². The zero-order valence-corrected chi connectivity index (χ0v) is 17.1. The lowest BCUT2D eigenvalue weighted by molar-refractivity contribution is -0.136. The van der Waals surface area contributed by atoms with Crippen LogP contribution in [0.25, 0.3) is 0 Å². The first-order valence-corrected chi connectivity index (χ1v) is 10.6. The number of hydrogen-bond acceptors (Lipinski definition) is 5. The molecule has 1 aromatic carbocycles. The van der Waals surface area contributed by atoms with Crippen molar-refractivity contribution < 1.29 is 19.1 Å². The Labute approximate surface area is 171 Å². The minimum atomic E-state index is -0.585. The molecule has 0 radical (unpaired) electrons. The van der Waals surface area contributed by atoms with Crippen LogP contribution in [0, 0.1) is 0 Å². The van der Waals surface area contributed by atoms with E-state index in [-0.39, 0.29) is 30.2 Å². The van der Waals surface area contributed by atoms with Gasteiger partial charge in [0.25, 0.3) is 5.91 Å². The van der Waals surface area contributed by atoms with Gasteiger partial charge in [-0.25, -0.2) is 0 Å². The number of nitrogens with one attached hydrogen (secondary N) is 1. The maximum absolute atomic E-state index is 12.8. The third-order valence-electron chi connectivity index (χ3n) is 6.52. The van der Waals surface area contributed by atoms with Crippen LogP contribution in [0.15, 0.2) is 18.2 Å². The predicted molar refractivity (Wildman–Crippen MR) is 107 cm³/mol. The van der Waals surface area contributed by atoms with E-state index in [1.807, 2.05) is 12.1 Å². The zero-order chi connectivity index (χ0) is 20.5. The Balaban J connectivity index is 1.48. The second-order valence-electron chi connectivity index (χ2n) is 8.30. The molecule has 7 heteroatoms. The zero-order valence-electron chi connectivity index (χ0n) is 17.1. The molecule has 2 heterocycles. The minimum Gasteiger partial charge on any atom is -0.489 e. The highest BCUT2D eigenvalue weighted by Gasteiger charge is 2.39. The van der Waals surface area contributed by atoms with Gasteiger partial charge < -0.3 is 14.5 Å². The number of likely N-dealkylation sites (N-methyl/N-ethyl adjacent to an activating group) is 1. The highest BCUT2D eigenvalue weighted by atomic mass is 16.5. The van der Waals surface area contributed by atoms with Crippen LogP contribution in [0.3, 0.4) is 0 Å². The van der Waals surface area contributed by atoms with Crippen molar-refractivity contribution in [2.75, 3.05) is 13.6 Å². The highest BCUT2D eigenvalue weighted by molar-refractivity contribution is 6.05. The van der Waals surface area contributed by atoms with Gasteiger partial charge in [-0.2, -0.15) is 0 Å². The van der Waals surface area contributed by atoms with E-state index in [0.717, 1.165) is 30.7 Å². The second-order valence-corrected chi connectivity index (χ2v) is 8.30. The number of ether oxygens (including phenoxy) is 1. The largest absolute Gasteiger partial charge is 0.489 e. The molecule has 1 saturated carbocycles. The van der Waals surface area contributed by atoms with Crippen LogP contribution < -0.4 is 10.1 Å². The van der Waals surface area contributed by atoms with Crippen molar-refractivity contribution in [1.29, 1.82) is 0 Å². The molecule has 2 fully saturated rings. The molecule has 156 valence electrons. The molecule has 1 aromatic rings. The summed E-state index contributed by atoms with van der Waals surface area (Å²) in [6.07, 6.45) is 5.37. The van der Waals surface area contributed by atoms with Crippen LogP contribution in [0.5, 0.6) is 5.75 Å². The van der Waals surface area contributed by atoms with E-state index >= 15 is 0 Å². The molecule has 4 rings (SSSR count). The van der Waals surface area contributed by atoms with Crippen molar-refractivity contribution in [1.82, 2.24) is 15.1 Å². The lowest BCUT2D eigenvalue weighted by Gasteiger charge is -2.37. The van der Waals surface area contributed by atoms with Crippen LogP contribution in [0.1, 0.15) is 61.4 Å². The summed E-state index contributed by atoms with van der Waals surface area (Å²) in [5.74, 6) is -0.0258. The van der Waals surface area contributed by atoms with Crippen molar-refractivity contribution in [3.63, 3.8) is 0 Å². The van der Waals surface area contributed by atoms with Crippen molar-refractivity contribution in [2.24, 2.45) is 0 Å². The fourth-order valence-corrected chi connectivity index (χ4v) is 4.75. The Hall–Kier alpha value is -2.41. The summed E-state index contributed by atoms with van der Waals surface area (Å²) < 4.78 is 6.37. The summed E-state index contributed by atoms with van der Waals surface area (Å²) >= 11 is 0. The smallest absolute Gasteiger partial charge is 0.255 e. The lowest BCUT2D eigenvalue weighted by atomic mass is 9.91. The normalized spacial score (nSPS) is 27.2. The summed E-state index contributed by atoms with van der Waals surface area (Å²) in [7, 11) is 2.14. The number of benzene rings is 1. The quantitative estimate of drug-likeness (QED) is 0.767. The molecule has 1 saturated heterocycles. The maximum Gasteiger partial charge on any atom is 0.255 e. The first-order valence-electron chi connectivity index (χ1n) is 10.6. The van der Waals surface area contributed by atoms with E-state index < -0.39 is 6.04 Å². The number of amides is 3. The van der Waals surface area contributed by atoms with Crippen molar-refractivity contribution in [3.05, 3.63) is 29.3 Å². The average molecular weight is 399 g/mol. The minimum absolute atomic E-state index is 0.148. The van der Waals surface area contributed by atoms with Gasteiger partial charge >= 0.3 is 0 Å². The summed E-state index contributed by atoms with van der Waals surface area (Å²) in [6.45, 7) is 3.53. The van der Waals surface area contributed by atoms with E-state index in [9.17, 15) is 14.4 Å². The fraction of sp³-hybridized carbons (Fsp3) is 0.591. The van der Waals surface area contributed by atoms with E-state index in [2.05, 4.69) is 24.2 Å². The van der Waals surface area contributed by atoms with Gasteiger partial charge in [-0.3, -0.25) is 19.7 Å². The maximum atomic E-state index is 12.8. The van der Waals surface area contributed by atoms with Crippen molar-refractivity contribution in [3.8, 4) is 5.75 Å². The second kappa shape index (κ2) is 8.14. The third kappa shape index (κ3) is 3.88. The Bertz CT molecular complexity index is 824. The molecule has 0 aromatic heterocycles. The number of rotatable bonds is 5. The molecule has 3 amide bonds. The fourth-order valence-electron chi connectivity index (χ4n) is 4.75. The summed E-state index contributed by atoms with van der Waals surface area (Å²) in [5.41, 5.74) is 1.50. The van der Waals surface area contributed by atoms with Gasteiger partial charge in [0.15, 0.2) is 0 Å². The summed E-state index contributed by atoms with van der Waals surface area (Å²) in [4.78, 5) is 40.3. The van der Waals surface area contributed by atoms with Crippen molar-refractivity contribution >= 4 is 17.7 Å². The topological polar surface area (TPSA) is 79.0 Å². The average Bonchev–Trinajstić information content (AvgIpc) is 3.03. The van der Waals surface area contributed by atoms with Crippen molar-refractivity contribution in [2.45, 2.75) is 70.2 Å². The Morgan fingerprint density at radius 2 is 1.97 bits per heavy atom. The number of piperidine rings is 1. The summed E-state index contributed by atoms with van der Waals surface area (Å²) in [6, 6.07) is 5.43. The van der Waals surface area contributed by atoms with Crippen LogP contribution in [0.4, 0.5) is 0 Å². The number of fused-ring (bicyclic) bond motifs is 1. The van der Waals surface area contributed by atoms with Gasteiger partial charge in [0.1, 0.15) is 17.9 Å². The molecule has 3 atom stereocenters. The van der Waals surface area contributed by atoms with E-state index in [1.54, 1.807) is 11.0 Å². The number of hydrogen-bond donors (Lipinski definition) is 1. The number of carbonyl (C=O) groups excluding carboxylic acids is 3. The van der Waals surface area contributed by atoms with Crippen LogP contribution in [-0.4, -0.2) is 59.3 Å². The Morgan fingerprint density at radius 1 is 1.17 bits per heavy atom. The van der Waals surface area contributed by atoms with Gasteiger partial charge in [-0.1, -0.05) is 13.3 Å². The van der Waals surface area contributed by atoms with Gasteiger partial charge in [0, 0.05) is 24.6 Å². The van der Waals surface area contributed by atoms with E-state index in [1.165, 1.54) is 12.8 Å². The molecule has 2 unspecified atom stereocenters.